The van der Waals surface area contributed by atoms with Crippen molar-refractivity contribution in [1.29, 1.82) is 0 Å². The minimum Gasteiger partial charge on any atom is -0.480 e. The molecule has 0 saturated carbocycles. The molecule has 0 radical (unpaired) electrons. The molecule has 11 heteroatoms. The molecule has 10 nitrogen and oxygen atoms in total. The molecule has 3 heterocycles. The SMILES string of the molecule is COc1nc(SC)nc2c1cnn2[C@@H]1O[C@@H]([C@H](O)CO)[C@@H](OC)[C@H]1O. The van der Waals surface area contributed by atoms with Crippen LogP contribution in [-0.4, -0.2) is 86.6 Å². The van der Waals surface area contributed by atoms with Gasteiger partial charge in [0.2, 0.25) is 5.88 Å². The topological polar surface area (TPSA) is 132 Å². The van der Waals surface area contributed by atoms with Crippen molar-refractivity contribution in [3.63, 3.8) is 0 Å². The molecule has 0 bridgehead atoms. The molecule has 1 aliphatic rings. The van der Waals surface area contributed by atoms with Crippen molar-refractivity contribution < 1.29 is 29.5 Å². The Kier molecular flexibility index (Phi) is 5.41. The van der Waals surface area contributed by atoms with E-state index < -0.39 is 37.3 Å². The van der Waals surface area contributed by atoms with Crippen molar-refractivity contribution in [3.8, 4) is 5.88 Å². The molecule has 0 aromatic carbocycles. The van der Waals surface area contributed by atoms with Crippen molar-refractivity contribution in [2.45, 2.75) is 35.8 Å². The summed E-state index contributed by atoms with van der Waals surface area (Å²) in [5.74, 6) is 0.364. The highest BCUT2D eigenvalue weighted by atomic mass is 32.2. The van der Waals surface area contributed by atoms with Crippen molar-refractivity contribution in [1.82, 2.24) is 19.7 Å². The number of aromatic nitrogens is 4. The number of fused-ring (bicyclic) bond motifs is 1. The second-order valence-corrected chi connectivity index (χ2v) is 6.25. The molecule has 0 amide bonds. The van der Waals surface area contributed by atoms with Crippen LogP contribution in [-0.2, 0) is 9.47 Å². The van der Waals surface area contributed by atoms with Gasteiger partial charge in [-0.1, -0.05) is 11.8 Å². The summed E-state index contributed by atoms with van der Waals surface area (Å²) >= 11 is 1.34. The monoisotopic (exact) mass is 372 g/mol. The van der Waals surface area contributed by atoms with E-state index in [1.165, 1.54) is 36.9 Å². The first-order valence-electron chi connectivity index (χ1n) is 7.54. The summed E-state index contributed by atoms with van der Waals surface area (Å²) in [6, 6.07) is 0. The molecular formula is C14H20N4O6S. The molecule has 1 aliphatic heterocycles. The summed E-state index contributed by atoms with van der Waals surface area (Å²) in [6.45, 7) is -0.517. The average molecular weight is 372 g/mol. The van der Waals surface area contributed by atoms with Crippen LogP contribution in [0.15, 0.2) is 11.4 Å². The first-order chi connectivity index (χ1) is 12.0. The molecule has 3 rings (SSSR count). The lowest BCUT2D eigenvalue weighted by Crippen LogP contribution is -2.41. The fourth-order valence-electron chi connectivity index (χ4n) is 2.88. The molecule has 1 saturated heterocycles. The van der Waals surface area contributed by atoms with Crippen LogP contribution in [0, 0.1) is 0 Å². The van der Waals surface area contributed by atoms with E-state index in [-0.39, 0.29) is 0 Å². The number of aliphatic hydroxyl groups excluding tert-OH is 3. The third kappa shape index (κ3) is 3.07. The third-order valence-electron chi connectivity index (χ3n) is 4.10. The van der Waals surface area contributed by atoms with Crippen LogP contribution in [0.1, 0.15) is 6.23 Å². The largest absolute Gasteiger partial charge is 0.480 e. The Bertz CT molecular complexity index is 743. The third-order valence-corrected chi connectivity index (χ3v) is 4.65. The Morgan fingerprint density at radius 1 is 1.40 bits per heavy atom. The molecule has 2 aromatic rings. The Hall–Kier alpha value is -1.50. The molecule has 2 aromatic heterocycles. The van der Waals surface area contributed by atoms with Gasteiger partial charge in [-0.15, -0.1) is 0 Å². The van der Waals surface area contributed by atoms with Crippen LogP contribution in [0.2, 0.25) is 0 Å². The number of hydrogen-bond donors (Lipinski definition) is 3. The summed E-state index contributed by atoms with van der Waals surface area (Å²) < 4.78 is 17.7. The molecule has 0 aliphatic carbocycles. The fraction of sp³-hybridized carbons (Fsp3) is 0.643. The Morgan fingerprint density at radius 2 is 2.16 bits per heavy atom. The second-order valence-electron chi connectivity index (χ2n) is 5.48. The van der Waals surface area contributed by atoms with Crippen molar-refractivity contribution in [2.24, 2.45) is 0 Å². The van der Waals surface area contributed by atoms with E-state index in [4.69, 9.17) is 14.2 Å². The Balaban J connectivity index is 2.04. The summed E-state index contributed by atoms with van der Waals surface area (Å²) in [5.41, 5.74) is 0.425. The minimum atomic E-state index is -1.20. The zero-order valence-electron chi connectivity index (χ0n) is 13.9. The smallest absolute Gasteiger partial charge is 0.228 e. The quantitative estimate of drug-likeness (QED) is 0.436. The van der Waals surface area contributed by atoms with E-state index in [0.29, 0.717) is 22.1 Å². The van der Waals surface area contributed by atoms with E-state index in [0.717, 1.165) is 0 Å². The normalized spacial score (nSPS) is 27.8. The molecular weight excluding hydrogens is 352 g/mol. The zero-order chi connectivity index (χ0) is 18.1. The molecule has 25 heavy (non-hydrogen) atoms. The van der Waals surface area contributed by atoms with Crippen LogP contribution in [0.5, 0.6) is 5.88 Å². The van der Waals surface area contributed by atoms with E-state index in [1.54, 1.807) is 0 Å². The van der Waals surface area contributed by atoms with E-state index in [2.05, 4.69) is 15.1 Å². The lowest BCUT2D eigenvalue weighted by molar-refractivity contribution is -0.103. The second kappa shape index (κ2) is 7.40. The lowest BCUT2D eigenvalue weighted by atomic mass is 10.1. The van der Waals surface area contributed by atoms with Gasteiger partial charge in [-0.05, 0) is 6.26 Å². The first kappa shape index (κ1) is 18.3. The summed E-state index contributed by atoms with van der Waals surface area (Å²) in [6.07, 6.45) is -1.63. The predicted molar refractivity (Wildman–Crippen MR) is 87.5 cm³/mol. The number of nitrogens with zero attached hydrogens (tertiary/aromatic N) is 4. The number of rotatable bonds is 6. The van der Waals surface area contributed by atoms with Gasteiger partial charge < -0.3 is 29.5 Å². The van der Waals surface area contributed by atoms with Gasteiger partial charge in [0.1, 0.15) is 29.8 Å². The van der Waals surface area contributed by atoms with E-state index in [1.807, 2.05) is 6.26 Å². The lowest BCUT2D eigenvalue weighted by Gasteiger charge is -2.21. The standard InChI is InChI=1S/C14H20N4O6S/c1-22-10-8(21)13(24-9(10)7(20)5-19)18-11-6(4-15-18)12(23-2)17-14(16-11)25-3/h4,7-10,13,19-21H,5H2,1-3H3/t7-,8-,9+,10+,13-/m1/s1. The van der Waals surface area contributed by atoms with Gasteiger partial charge in [-0.25, -0.2) is 9.67 Å². The highest BCUT2D eigenvalue weighted by Crippen LogP contribution is 2.35. The van der Waals surface area contributed by atoms with Crippen molar-refractivity contribution >= 4 is 22.8 Å². The number of thioether (sulfide) groups is 1. The number of aliphatic hydroxyl groups is 3. The van der Waals surface area contributed by atoms with Crippen LogP contribution in [0.3, 0.4) is 0 Å². The van der Waals surface area contributed by atoms with Gasteiger partial charge in [0.25, 0.3) is 0 Å². The van der Waals surface area contributed by atoms with E-state index >= 15 is 0 Å². The maximum atomic E-state index is 10.6. The predicted octanol–water partition coefficient (Wildman–Crippen LogP) is -0.817. The maximum Gasteiger partial charge on any atom is 0.228 e. The number of ether oxygens (including phenoxy) is 3. The first-order valence-corrected chi connectivity index (χ1v) is 8.76. The molecule has 3 N–H and O–H groups in total. The molecule has 5 atom stereocenters. The van der Waals surface area contributed by atoms with Crippen molar-refractivity contribution in [2.75, 3.05) is 27.1 Å². The van der Waals surface area contributed by atoms with Crippen LogP contribution in [0.25, 0.3) is 11.0 Å². The van der Waals surface area contributed by atoms with Gasteiger partial charge in [-0.2, -0.15) is 10.1 Å². The average Bonchev–Trinajstić information content (AvgIpc) is 3.20. The summed E-state index contributed by atoms with van der Waals surface area (Å²) in [4.78, 5) is 8.67. The van der Waals surface area contributed by atoms with Crippen LogP contribution in [0.4, 0.5) is 0 Å². The summed E-state index contributed by atoms with van der Waals surface area (Å²) in [7, 11) is 2.90. The highest BCUT2D eigenvalue weighted by Gasteiger charge is 2.48. The van der Waals surface area contributed by atoms with Gasteiger partial charge >= 0.3 is 0 Å². The van der Waals surface area contributed by atoms with Crippen LogP contribution < -0.4 is 4.74 Å². The highest BCUT2D eigenvalue weighted by molar-refractivity contribution is 7.98. The van der Waals surface area contributed by atoms with Gasteiger partial charge in [0, 0.05) is 7.11 Å². The Morgan fingerprint density at radius 3 is 2.76 bits per heavy atom. The number of hydrogen-bond acceptors (Lipinski definition) is 10. The Labute approximate surface area is 147 Å². The van der Waals surface area contributed by atoms with Crippen LogP contribution >= 0.6 is 11.8 Å². The van der Waals surface area contributed by atoms with Gasteiger partial charge in [0.15, 0.2) is 17.0 Å². The fourth-order valence-corrected chi connectivity index (χ4v) is 3.23. The number of methoxy groups -OCH3 is 2. The van der Waals surface area contributed by atoms with Gasteiger partial charge in [0.05, 0.1) is 19.9 Å². The summed E-state index contributed by atoms with van der Waals surface area (Å²) in [5, 5.41) is 35.0. The van der Waals surface area contributed by atoms with Gasteiger partial charge in [-0.3, -0.25) is 0 Å². The minimum absolute atomic E-state index is 0.364. The molecule has 0 unspecified atom stereocenters. The van der Waals surface area contributed by atoms with Crippen molar-refractivity contribution in [3.05, 3.63) is 6.20 Å². The molecule has 0 spiro atoms. The maximum absolute atomic E-state index is 10.6. The molecule has 138 valence electrons. The van der Waals surface area contributed by atoms with E-state index in [9.17, 15) is 15.3 Å². The zero-order valence-corrected chi connectivity index (χ0v) is 14.8. The molecule has 1 fully saturated rings.